The maximum Gasteiger partial charge on any atom is 0.263 e. The summed E-state index contributed by atoms with van der Waals surface area (Å²) in [5.41, 5.74) is 1.21. The Labute approximate surface area is 168 Å². The highest BCUT2D eigenvalue weighted by Crippen LogP contribution is 2.34. The van der Waals surface area contributed by atoms with Crippen LogP contribution < -0.4 is 4.90 Å². The lowest BCUT2D eigenvalue weighted by Gasteiger charge is -2.20. The first-order valence-electron chi connectivity index (χ1n) is 8.39. The summed E-state index contributed by atoms with van der Waals surface area (Å²) in [4.78, 5) is 19.0. The van der Waals surface area contributed by atoms with Crippen LogP contribution in [-0.4, -0.2) is 10.9 Å². The van der Waals surface area contributed by atoms with Crippen LogP contribution in [0.15, 0.2) is 66.7 Å². The zero-order valence-electron chi connectivity index (χ0n) is 14.4. The predicted octanol–water partition coefficient (Wildman–Crippen LogP) is 6.07. The molecule has 4 rings (SSSR count). The molecule has 0 aliphatic rings. The number of aromatic nitrogens is 1. The number of para-hydroxylation sites is 1. The normalized spacial score (nSPS) is 11.0. The number of hydrogen-bond donors (Lipinski definition) is 0. The Morgan fingerprint density at radius 2 is 1.82 bits per heavy atom. The van der Waals surface area contributed by atoms with Crippen molar-refractivity contribution in [1.82, 2.24) is 4.98 Å². The molecular formula is C21H13ClF2N2OS. The maximum atomic E-state index is 14.3. The van der Waals surface area contributed by atoms with Gasteiger partial charge in [0.15, 0.2) is 5.13 Å². The van der Waals surface area contributed by atoms with Crippen molar-refractivity contribution in [3.8, 4) is 0 Å². The van der Waals surface area contributed by atoms with Gasteiger partial charge in [-0.1, -0.05) is 59.3 Å². The molecule has 0 N–H and O–H groups in total. The third-order valence-electron chi connectivity index (χ3n) is 4.18. The molecular weight excluding hydrogens is 402 g/mol. The summed E-state index contributed by atoms with van der Waals surface area (Å²) >= 11 is 7.50. The number of nitrogens with zero attached hydrogens (tertiary/aromatic N) is 2. The SMILES string of the molecule is O=C(c1ccc(F)cc1F)N(Cc1ccccc1)c1nc2c(Cl)cccc2s1. The molecule has 0 aliphatic heterocycles. The van der Waals surface area contributed by atoms with Crippen LogP contribution in [0, 0.1) is 11.6 Å². The van der Waals surface area contributed by atoms with Crippen LogP contribution in [0.2, 0.25) is 5.02 Å². The molecule has 0 saturated carbocycles. The summed E-state index contributed by atoms with van der Waals surface area (Å²) in [7, 11) is 0. The van der Waals surface area contributed by atoms with Crippen LogP contribution in [0.4, 0.5) is 13.9 Å². The zero-order chi connectivity index (χ0) is 19.7. The van der Waals surface area contributed by atoms with Crippen molar-refractivity contribution >= 4 is 44.2 Å². The van der Waals surface area contributed by atoms with Gasteiger partial charge in [0, 0.05) is 6.07 Å². The van der Waals surface area contributed by atoms with Gasteiger partial charge in [0.05, 0.1) is 21.8 Å². The average molecular weight is 415 g/mol. The van der Waals surface area contributed by atoms with Gasteiger partial charge in [-0.25, -0.2) is 13.8 Å². The molecule has 0 fully saturated rings. The van der Waals surface area contributed by atoms with E-state index in [1.165, 1.54) is 16.2 Å². The quantitative estimate of drug-likeness (QED) is 0.405. The van der Waals surface area contributed by atoms with Crippen LogP contribution in [0.25, 0.3) is 10.2 Å². The van der Waals surface area contributed by atoms with Crippen LogP contribution in [-0.2, 0) is 6.54 Å². The molecule has 3 nitrogen and oxygen atoms in total. The number of thiazole rings is 1. The van der Waals surface area contributed by atoms with Crippen molar-refractivity contribution in [2.75, 3.05) is 4.90 Å². The Bertz CT molecular complexity index is 1160. The first-order valence-corrected chi connectivity index (χ1v) is 9.58. The Balaban J connectivity index is 1.80. The minimum absolute atomic E-state index is 0.188. The number of fused-ring (bicyclic) bond motifs is 1. The monoisotopic (exact) mass is 414 g/mol. The van der Waals surface area contributed by atoms with E-state index in [1.54, 1.807) is 12.1 Å². The van der Waals surface area contributed by atoms with Crippen LogP contribution in [0.3, 0.4) is 0 Å². The Hall–Kier alpha value is -2.83. The third-order valence-corrected chi connectivity index (χ3v) is 5.53. The van der Waals surface area contributed by atoms with Crippen molar-refractivity contribution in [3.05, 3.63) is 94.5 Å². The smallest absolute Gasteiger partial charge is 0.263 e. The van der Waals surface area contributed by atoms with E-state index in [9.17, 15) is 13.6 Å². The number of carbonyl (C=O) groups excluding carboxylic acids is 1. The summed E-state index contributed by atoms with van der Waals surface area (Å²) < 4.78 is 28.3. The highest BCUT2D eigenvalue weighted by atomic mass is 35.5. The van der Waals surface area contributed by atoms with Gasteiger partial charge in [-0.3, -0.25) is 9.69 Å². The van der Waals surface area contributed by atoms with Crippen molar-refractivity contribution < 1.29 is 13.6 Å². The Kier molecular flexibility index (Phi) is 5.07. The summed E-state index contributed by atoms with van der Waals surface area (Å²) in [6.45, 7) is 0.188. The second kappa shape index (κ2) is 7.66. The first kappa shape index (κ1) is 18.5. The average Bonchev–Trinajstić information content (AvgIpc) is 3.12. The van der Waals surface area contributed by atoms with Crippen molar-refractivity contribution in [1.29, 1.82) is 0 Å². The van der Waals surface area contributed by atoms with Crippen molar-refractivity contribution in [2.24, 2.45) is 0 Å². The van der Waals surface area contributed by atoms with Gasteiger partial charge in [-0.2, -0.15) is 0 Å². The van der Waals surface area contributed by atoms with Gasteiger partial charge < -0.3 is 0 Å². The molecule has 0 aliphatic carbocycles. The standard InChI is InChI=1S/C21H13ClF2N2OS/c22-16-7-4-8-18-19(16)25-21(28-18)26(12-13-5-2-1-3-6-13)20(27)15-10-9-14(23)11-17(15)24/h1-11H,12H2. The number of carbonyl (C=O) groups is 1. The van der Waals surface area contributed by atoms with Gasteiger partial charge in [0.25, 0.3) is 5.91 Å². The fourth-order valence-corrected chi connectivity index (χ4v) is 4.08. The molecule has 0 radical (unpaired) electrons. The van der Waals surface area contributed by atoms with Crippen LogP contribution in [0.5, 0.6) is 0 Å². The fourth-order valence-electron chi connectivity index (χ4n) is 2.82. The van der Waals surface area contributed by atoms with Crippen LogP contribution in [0.1, 0.15) is 15.9 Å². The van der Waals surface area contributed by atoms with E-state index in [2.05, 4.69) is 4.98 Å². The minimum Gasteiger partial charge on any atom is -0.279 e. The lowest BCUT2D eigenvalue weighted by atomic mass is 10.1. The number of benzene rings is 3. The number of anilines is 1. The van der Waals surface area contributed by atoms with Gasteiger partial charge in [0.1, 0.15) is 17.2 Å². The van der Waals surface area contributed by atoms with E-state index in [-0.39, 0.29) is 12.1 Å². The molecule has 0 atom stereocenters. The highest BCUT2D eigenvalue weighted by molar-refractivity contribution is 7.22. The molecule has 0 spiro atoms. The molecule has 7 heteroatoms. The molecule has 3 aromatic carbocycles. The van der Waals surface area contributed by atoms with Gasteiger partial charge in [-0.15, -0.1) is 0 Å². The minimum atomic E-state index is -0.915. The largest absolute Gasteiger partial charge is 0.279 e. The fraction of sp³-hybridized carbons (Fsp3) is 0.0476. The van der Waals surface area contributed by atoms with Gasteiger partial charge >= 0.3 is 0 Å². The Morgan fingerprint density at radius 3 is 2.54 bits per heavy atom. The number of halogens is 3. The highest BCUT2D eigenvalue weighted by Gasteiger charge is 2.24. The number of rotatable bonds is 4. The molecule has 0 bridgehead atoms. The maximum absolute atomic E-state index is 14.3. The summed E-state index contributed by atoms with van der Waals surface area (Å²) in [5, 5.41) is 0.862. The van der Waals surface area contributed by atoms with E-state index in [1.807, 2.05) is 36.4 Å². The number of amides is 1. The predicted molar refractivity (Wildman–Crippen MR) is 108 cm³/mol. The lowest BCUT2D eigenvalue weighted by Crippen LogP contribution is -2.31. The molecule has 1 amide bonds. The molecule has 28 heavy (non-hydrogen) atoms. The van der Waals surface area contributed by atoms with Crippen molar-refractivity contribution in [3.63, 3.8) is 0 Å². The molecule has 1 aromatic heterocycles. The second-order valence-corrected chi connectivity index (χ2v) is 7.50. The third kappa shape index (κ3) is 3.61. The summed E-state index contributed by atoms with van der Waals surface area (Å²) in [6.07, 6.45) is 0. The Morgan fingerprint density at radius 1 is 1.04 bits per heavy atom. The second-order valence-electron chi connectivity index (χ2n) is 6.08. The topological polar surface area (TPSA) is 33.2 Å². The first-order chi connectivity index (χ1) is 13.5. The molecule has 0 unspecified atom stereocenters. The number of hydrogen-bond acceptors (Lipinski definition) is 3. The lowest BCUT2D eigenvalue weighted by molar-refractivity contribution is 0.0981. The van der Waals surface area contributed by atoms with E-state index in [0.29, 0.717) is 21.7 Å². The van der Waals surface area contributed by atoms with Gasteiger partial charge in [-0.05, 0) is 29.8 Å². The van der Waals surface area contributed by atoms with Crippen molar-refractivity contribution in [2.45, 2.75) is 6.54 Å². The molecule has 0 saturated heterocycles. The molecule has 1 heterocycles. The van der Waals surface area contributed by atoms with E-state index in [0.717, 1.165) is 22.4 Å². The van der Waals surface area contributed by atoms with E-state index >= 15 is 0 Å². The van der Waals surface area contributed by atoms with Gasteiger partial charge in [0.2, 0.25) is 0 Å². The van der Waals surface area contributed by atoms with Crippen LogP contribution >= 0.6 is 22.9 Å². The van der Waals surface area contributed by atoms with E-state index in [4.69, 9.17) is 11.6 Å². The van der Waals surface area contributed by atoms with E-state index < -0.39 is 17.5 Å². The molecule has 4 aromatic rings. The molecule has 140 valence electrons. The zero-order valence-corrected chi connectivity index (χ0v) is 16.0. The summed E-state index contributed by atoms with van der Waals surface area (Å²) in [5.74, 6) is -2.26. The summed E-state index contributed by atoms with van der Waals surface area (Å²) in [6, 6.07) is 17.6.